The topological polar surface area (TPSA) is 62.3 Å². The highest BCUT2D eigenvalue weighted by molar-refractivity contribution is 7.89. The Hall–Kier alpha value is -2.35. The number of aromatic nitrogens is 1. The Morgan fingerprint density at radius 3 is 2.42 bits per heavy atom. The molecule has 2 aromatic carbocycles. The minimum atomic E-state index is -3.46. The van der Waals surface area contributed by atoms with Crippen molar-refractivity contribution in [3.05, 3.63) is 60.5 Å². The number of nitrogens with zero attached hydrogens (tertiary/aromatic N) is 2. The van der Waals surface area contributed by atoms with E-state index in [1.807, 2.05) is 6.07 Å². The molecule has 1 saturated heterocycles. The molecular formula is C19H18FN3O2S. The van der Waals surface area contributed by atoms with Crippen LogP contribution in [0, 0.1) is 5.82 Å². The van der Waals surface area contributed by atoms with E-state index in [1.165, 1.54) is 16.4 Å². The van der Waals surface area contributed by atoms with Crippen molar-refractivity contribution in [1.82, 2.24) is 14.6 Å². The first-order valence-corrected chi connectivity index (χ1v) is 9.85. The Kier molecular flexibility index (Phi) is 4.44. The van der Waals surface area contributed by atoms with Crippen molar-refractivity contribution in [1.29, 1.82) is 0 Å². The number of hydrogen-bond acceptors (Lipinski definition) is 4. The normalized spacial score (nSPS) is 16.0. The molecule has 3 aromatic rings. The summed E-state index contributed by atoms with van der Waals surface area (Å²) in [5, 5.41) is 3.99. The molecule has 134 valence electrons. The van der Waals surface area contributed by atoms with E-state index < -0.39 is 10.0 Å². The number of fused-ring (bicyclic) bond motifs is 1. The molecule has 1 fully saturated rings. The fourth-order valence-corrected chi connectivity index (χ4v) is 4.55. The Labute approximate surface area is 151 Å². The number of benzene rings is 2. The first kappa shape index (κ1) is 17.1. The van der Waals surface area contributed by atoms with Crippen LogP contribution in [0.2, 0.25) is 0 Å². The van der Waals surface area contributed by atoms with Crippen LogP contribution in [0.25, 0.3) is 22.0 Å². The molecular weight excluding hydrogens is 353 g/mol. The van der Waals surface area contributed by atoms with Gasteiger partial charge in [0.2, 0.25) is 10.0 Å². The van der Waals surface area contributed by atoms with E-state index in [9.17, 15) is 12.8 Å². The number of halogens is 1. The molecule has 4 rings (SSSR count). The van der Waals surface area contributed by atoms with E-state index in [0.717, 1.165) is 16.5 Å². The van der Waals surface area contributed by atoms with E-state index in [2.05, 4.69) is 10.3 Å². The SMILES string of the molecule is O=S(=O)(c1ccc(-c2cnc3cc(F)ccc3c2)cc1)N1CCNCC1. The zero-order valence-electron chi connectivity index (χ0n) is 14.0. The van der Waals surface area contributed by atoms with Crippen molar-refractivity contribution in [3.8, 4) is 11.1 Å². The van der Waals surface area contributed by atoms with Gasteiger partial charge in [0.05, 0.1) is 10.4 Å². The van der Waals surface area contributed by atoms with Gasteiger partial charge in [-0.05, 0) is 35.9 Å². The molecule has 1 aliphatic rings. The van der Waals surface area contributed by atoms with Crippen LogP contribution in [0.5, 0.6) is 0 Å². The Morgan fingerprint density at radius 1 is 0.962 bits per heavy atom. The minimum absolute atomic E-state index is 0.291. The zero-order valence-corrected chi connectivity index (χ0v) is 14.8. The van der Waals surface area contributed by atoms with Gasteiger partial charge in [-0.25, -0.2) is 12.8 Å². The number of rotatable bonds is 3. The molecule has 0 unspecified atom stereocenters. The minimum Gasteiger partial charge on any atom is -0.314 e. The van der Waals surface area contributed by atoms with Gasteiger partial charge in [0.15, 0.2) is 0 Å². The van der Waals surface area contributed by atoms with Gasteiger partial charge in [-0.15, -0.1) is 0 Å². The lowest BCUT2D eigenvalue weighted by molar-refractivity contribution is 0.360. The van der Waals surface area contributed by atoms with Gasteiger partial charge >= 0.3 is 0 Å². The van der Waals surface area contributed by atoms with E-state index >= 15 is 0 Å². The van der Waals surface area contributed by atoms with Crippen LogP contribution >= 0.6 is 0 Å². The largest absolute Gasteiger partial charge is 0.314 e. The third kappa shape index (κ3) is 3.21. The lowest BCUT2D eigenvalue weighted by atomic mass is 10.1. The predicted molar refractivity (Wildman–Crippen MR) is 98.8 cm³/mol. The molecule has 0 amide bonds. The fraction of sp³-hybridized carbons (Fsp3) is 0.211. The first-order valence-electron chi connectivity index (χ1n) is 8.41. The molecule has 26 heavy (non-hydrogen) atoms. The summed E-state index contributed by atoms with van der Waals surface area (Å²) in [6.45, 7) is 2.30. The van der Waals surface area contributed by atoms with Crippen molar-refractivity contribution in [3.63, 3.8) is 0 Å². The molecule has 7 heteroatoms. The smallest absolute Gasteiger partial charge is 0.243 e. The number of hydrogen-bond donors (Lipinski definition) is 1. The van der Waals surface area contributed by atoms with Crippen molar-refractivity contribution in [2.24, 2.45) is 0 Å². The van der Waals surface area contributed by atoms with E-state index in [0.29, 0.717) is 36.6 Å². The third-order valence-corrected chi connectivity index (χ3v) is 6.46. The Bertz CT molecular complexity index is 1050. The second kappa shape index (κ2) is 6.75. The standard InChI is InChI=1S/C19H18FN3O2S/c20-17-4-1-15-11-16(13-22-19(15)12-17)14-2-5-18(6-3-14)26(24,25)23-9-7-21-8-10-23/h1-6,11-13,21H,7-10H2. The summed E-state index contributed by atoms with van der Waals surface area (Å²) in [5.74, 6) is -0.319. The zero-order chi connectivity index (χ0) is 18.1. The average molecular weight is 371 g/mol. The molecule has 0 radical (unpaired) electrons. The molecule has 0 atom stereocenters. The Balaban J connectivity index is 1.64. The van der Waals surface area contributed by atoms with Crippen LogP contribution in [-0.4, -0.2) is 43.9 Å². The lowest BCUT2D eigenvalue weighted by Gasteiger charge is -2.26. The molecule has 0 saturated carbocycles. The van der Waals surface area contributed by atoms with Crippen molar-refractivity contribution >= 4 is 20.9 Å². The van der Waals surface area contributed by atoms with Crippen LogP contribution in [0.4, 0.5) is 4.39 Å². The van der Waals surface area contributed by atoms with Crippen molar-refractivity contribution in [2.75, 3.05) is 26.2 Å². The van der Waals surface area contributed by atoms with Gasteiger partial charge in [-0.1, -0.05) is 12.1 Å². The summed E-state index contributed by atoms with van der Waals surface area (Å²) >= 11 is 0. The summed E-state index contributed by atoms with van der Waals surface area (Å²) in [6.07, 6.45) is 1.67. The average Bonchev–Trinajstić information content (AvgIpc) is 2.68. The lowest BCUT2D eigenvalue weighted by Crippen LogP contribution is -2.46. The first-order chi connectivity index (χ1) is 12.5. The van der Waals surface area contributed by atoms with Gasteiger partial charge in [0.25, 0.3) is 0 Å². The van der Waals surface area contributed by atoms with Crippen LogP contribution in [0.15, 0.2) is 59.6 Å². The Morgan fingerprint density at radius 2 is 1.69 bits per heavy atom. The molecule has 2 heterocycles. The summed E-state index contributed by atoms with van der Waals surface area (Å²) in [4.78, 5) is 4.58. The molecule has 1 N–H and O–H groups in total. The summed E-state index contributed by atoms with van der Waals surface area (Å²) < 4.78 is 40.2. The van der Waals surface area contributed by atoms with Crippen LogP contribution in [0.1, 0.15) is 0 Å². The number of sulfonamides is 1. The fourth-order valence-electron chi connectivity index (χ4n) is 3.11. The van der Waals surface area contributed by atoms with Gasteiger partial charge in [0.1, 0.15) is 5.82 Å². The molecule has 0 bridgehead atoms. The van der Waals surface area contributed by atoms with Crippen molar-refractivity contribution in [2.45, 2.75) is 4.90 Å². The summed E-state index contributed by atoms with van der Waals surface area (Å²) in [7, 11) is -3.46. The van der Waals surface area contributed by atoms with E-state index in [1.54, 1.807) is 36.5 Å². The maximum atomic E-state index is 13.3. The number of nitrogens with one attached hydrogen (secondary N) is 1. The quantitative estimate of drug-likeness (QED) is 0.769. The van der Waals surface area contributed by atoms with E-state index in [4.69, 9.17) is 0 Å². The second-order valence-corrected chi connectivity index (χ2v) is 8.18. The second-order valence-electron chi connectivity index (χ2n) is 6.24. The van der Waals surface area contributed by atoms with Crippen LogP contribution < -0.4 is 5.32 Å². The maximum absolute atomic E-state index is 13.3. The number of piperazine rings is 1. The monoisotopic (exact) mass is 371 g/mol. The molecule has 0 aliphatic carbocycles. The van der Waals surface area contributed by atoms with Gasteiger partial charge < -0.3 is 5.32 Å². The molecule has 1 aliphatic heterocycles. The molecule has 5 nitrogen and oxygen atoms in total. The van der Waals surface area contributed by atoms with E-state index in [-0.39, 0.29) is 5.82 Å². The summed E-state index contributed by atoms with van der Waals surface area (Å²) in [5.41, 5.74) is 2.31. The van der Waals surface area contributed by atoms with Crippen LogP contribution in [-0.2, 0) is 10.0 Å². The highest BCUT2D eigenvalue weighted by Gasteiger charge is 2.25. The summed E-state index contributed by atoms with van der Waals surface area (Å²) in [6, 6.07) is 13.2. The highest BCUT2D eigenvalue weighted by atomic mass is 32.2. The third-order valence-electron chi connectivity index (χ3n) is 4.55. The van der Waals surface area contributed by atoms with Gasteiger partial charge in [-0.3, -0.25) is 4.98 Å². The van der Waals surface area contributed by atoms with Crippen LogP contribution in [0.3, 0.4) is 0 Å². The van der Waals surface area contributed by atoms with Gasteiger partial charge in [0, 0.05) is 49.4 Å². The highest BCUT2D eigenvalue weighted by Crippen LogP contribution is 2.25. The van der Waals surface area contributed by atoms with Crippen molar-refractivity contribution < 1.29 is 12.8 Å². The molecule has 0 spiro atoms. The molecule has 1 aromatic heterocycles. The van der Waals surface area contributed by atoms with Gasteiger partial charge in [-0.2, -0.15) is 4.31 Å². The maximum Gasteiger partial charge on any atom is 0.243 e. The number of pyridine rings is 1. The predicted octanol–water partition coefficient (Wildman–Crippen LogP) is 2.63.